The molecule has 5 rings (SSSR count). The zero-order valence-electron chi connectivity index (χ0n) is 19.6. The van der Waals surface area contributed by atoms with Crippen LogP contribution >= 0.6 is 0 Å². The summed E-state index contributed by atoms with van der Waals surface area (Å²) in [5.41, 5.74) is 5.80. The van der Waals surface area contributed by atoms with Crippen LogP contribution < -0.4 is 5.32 Å². The molecular formula is C28H28N4O3. The summed E-state index contributed by atoms with van der Waals surface area (Å²) < 4.78 is 1.88. The van der Waals surface area contributed by atoms with E-state index in [1.807, 2.05) is 64.9 Å². The molecule has 7 nitrogen and oxygen atoms in total. The number of piperidine rings is 1. The molecular weight excluding hydrogens is 440 g/mol. The number of rotatable bonds is 6. The average molecular weight is 469 g/mol. The molecule has 1 saturated heterocycles. The van der Waals surface area contributed by atoms with Crippen molar-refractivity contribution in [2.75, 3.05) is 11.9 Å². The van der Waals surface area contributed by atoms with E-state index in [9.17, 15) is 14.7 Å². The maximum Gasteiger partial charge on any atom is 0.320 e. The van der Waals surface area contributed by atoms with Gasteiger partial charge in [0.25, 0.3) is 5.91 Å². The fourth-order valence-electron chi connectivity index (χ4n) is 4.91. The standard InChI is InChI=1S/C28H28N4O3/c1-19-22(20-9-3-2-4-10-20)11-7-13-24(19)30-27(33)23-12-8-16-32-21(17-29-26(23)32)18-31-15-6-5-14-25(31)28(34)35/h2-4,7-13,16-17,25H,5-6,14-15,18H2,1H3,(H,30,33)(H,34,35)/t25-/m0/s1. The maximum atomic E-state index is 13.3. The predicted molar refractivity (Wildman–Crippen MR) is 135 cm³/mol. The van der Waals surface area contributed by atoms with E-state index in [1.54, 1.807) is 12.3 Å². The number of carboxylic acid groups (broad SMARTS) is 1. The smallest absolute Gasteiger partial charge is 0.320 e. The molecule has 0 unspecified atom stereocenters. The zero-order valence-corrected chi connectivity index (χ0v) is 19.6. The number of hydrogen-bond donors (Lipinski definition) is 2. The Hall–Kier alpha value is -3.97. The maximum absolute atomic E-state index is 13.3. The summed E-state index contributed by atoms with van der Waals surface area (Å²) in [7, 11) is 0. The molecule has 3 heterocycles. The number of nitrogens with zero attached hydrogens (tertiary/aromatic N) is 3. The molecule has 0 saturated carbocycles. The third kappa shape index (κ3) is 4.55. The fraction of sp³-hybridized carbons (Fsp3) is 0.250. The molecule has 1 aliphatic rings. The molecule has 0 radical (unpaired) electrons. The molecule has 1 fully saturated rings. The van der Waals surface area contributed by atoms with Gasteiger partial charge in [0.1, 0.15) is 11.7 Å². The molecule has 0 aliphatic carbocycles. The Balaban J connectivity index is 1.41. The SMILES string of the molecule is Cc1c(NC(=O)c2cccn3c(CN4CCCC[C@H]4C(=O)O)cnc23)cccc1-c1ccccc1. The van der Waals surface area contributed by atoms with Crippen LogP contribution in [0.15, 0.2) is 73.1 Å². The van der Waals surface area contributed by atoms with Crippen LogP contribution in [0.2, 0.25) is 0 Å². The van der Waals surface area contributed by atoms with Gasteiger partial charge in [-0.25, -0.2) is 4.98 Å². The van der Waals surface area contributed by atoms with Gasteiger partial charge in [0, 0.05) is 18.4 Å². The lowest BCUT2D eigenvalue weighted by Crippen LogP contribution is -2.44. The lowest BCUT2D eigenvalue weighted by Gasteiger charge is -2.32. The first kappa shape index (κ1) is 22.8. The highest BCUT2D eigenvalue weighted by molar-refractivity contribution is 6.08. The summed E-state index contributed by atoms with van der Waals surface area (Å²) >= 11 is 0. The normalized spacial score (nSPS) is 16.3. The van der Waals surface area contributed by atoms with Gasteiger partial charge < -0.3 is 14.8 Å². The zero-order chi connectivity index (χ0) is 24.4. The summed E-state index contributed by atoms with van der Waals surface area (Å²) in [4.78, 5) is 31.5. The Bertz CT molecular complexity index is 1380. The van der Waals surface area contributed by atoms with Gasteiger partial charge in [-0.2, -0.15) is 0 Å². The lowest BCUT2D eigenvalue weighted by atomic mass is 9.99. The van der Waals surface area contributed by atoms with Gasteiger partial charge in [-0.3, -0.25) is 14.5 Å². The molecule has 4 aromatic rings. The summed E-state index contributed by atoms with van der Waals surface area (Å²) in [6.07, 6.45) is 6.17. The number of hydrogen-bond acceptors (Lipinski definition) is 4. The highest BCUT2D eigenvalue weighted by atomic mass is 16.4. The molecule has 2 aromatic heterocycles. The number of aliphatic carboxylic acids is 1. The third-order valence-corrected chi connectivity index (χ3v) is 6.79. The van der Waals surface area contributed by atoms with Gasteiger partial charge in [-0.15, -0.1) is 0 Å². The van der Waals surface area contributed by atoms with E-state index in [2.05, 4.69) is 22.4 Å². The molecule has 1 amide bonds. The van der Waals surface area contributed by atoms with Gasteiger partial charge in [0.2, 0.25) is 0 Å². The van der Waals surface area contributed by atoms with Crippen LogP contribution in [-0.4, -0.2) is 43.9 Å². The summed E-state index contributed by atoms with van der Waals surface area (Å²) in [5.74, 6) is -1.02. The number of aromatic nitrogens is 2. The quantitative estimate of drug-likeness (QED) is 0.416. The van der Waals surface area contributed by atoms with Gasteiger partial charge in [-0.1, -0.05) is 48.9 Å². The number of amides is 1. The van der Waals surface area contributed by atoms with E-state index in [0.717, 1.165) is 47.5 Å². The van der Waals surface area contributed by atoms with Crippen LogP contribution in [0.5, 0.6) is 0 Å². The molecule has 1 atom stereocenters. The number of nitrogens with one attached hydrogen (secondary N) is 1. The third-order valence-electron chi connectivity index (χ3n) is 6.79. The summed E-state index contributed by atoms with van der Waals surface area (Å²) in [6, 6.07) is 19.1. The largest absolute Gasteiger partial charge is 0.480 e. The van der Waals surface area contributed by atoms with E-state index < -0.39 is 12.0 Å². The van der Waals surface area contributed by atoms with Crippen molar-refractivity contribution in [3.63, 3.8) is 0 Å². The molecule has 1 aliphatic heterocycles. The molecule has 2 N–H and O–H groups in total. The van der Waals surface area contributed by atoms with Gasteiger partial charge >= 0.3 is 5.97 Å². The Labute approximate surface area is 204 Å². The van der Waals surface area contributed by atoms with Crippen LogP contribution in [0.25, 0.3) is 16.8 Å². The molecule has 7 heteroatoms. The van der Waals surface area contributed by atoms with Crippen molar-refractivity contribution in [3.05, 3.63) is 89.9 Å². The molecule has 0 spiro atoms. The highest BCUT2D eigenvalue weighted by Gasteiger charge is 2.29. The first-order valence-electron chi connectivity index (χ1n) is 11.9. The summed E-state index contributed by atoms with van der Waals surface area (Å²) in [5, 5.41) is 12.7. The number of carbonyl (C=O) groups is 2. The van der Waals surface area contributed by atoms with E-state index in [4.69, 9.17) is 0 Å². The number of fused-ring (bicyclic) bond motifs is 1. The number of benzene rings is 2. The topological polar surface area (TPSA) is 86.9 Å². The van der Waals surface area contributed by atoms with Crippen molar-refractivity contribution >= 4 is 23.2 Å². The number of carbonyl (C=O) groups excluding carboxylic acids is 1. The monoisotopic (exact) mass is 468 g/mol. The molecule has 35 heavy (non-hydrogen) atoms. The van der Waals surface area contributed by atoms with Crippen molar-refractivity contribution in [3.8, 4) is 11.1 Å². The van der Waals surface area contributed by atoms with Gasteiger partial charge in [0.05, 0.1) is 17.5 Å². The number of imidazole rings is 1. The average Bonchev–Trinajstić information content (AvgIpc) is 3.29. The fourth-order valence-corrected chi connectivity index (χ4v) is 4.91. The second kappa shape index (κ2) is 9.72. The highest BCUT2D eigenvalue weighted by Crippen LogP contribution is 2.29. The van der Waals surface area contributed by atoms with Crippen LogP contribution in [-0.2, 0) is 11.3 Å². The predicted octanol–water partition coefficient (Wildman–Crippen LogP) is 5.00. The van der Waals surface area contributed by atoms with Gasteiger partial charge in [0.15, 0.2) is 0 Å². The molecule has 2 aromatic carbocycles. The van der Waals surface area contributed by atoms with E-state index in [-0.39, 0.29) is 5.91 Å². The van der Waals surface area contributed by atoms with Crippen LogP contribution in [0, 0.1) is 6.92 Å². The second-order valence-corrected chi connectivity index (χ2v) is 8.98. The van der Waals surface area contributed by atoms with Crippen molar-refractivity contribution in [2.24, 2.45) is 0 Å². The molecule has 0 bridgehead atoms. The molecule has 178 valence electrons. The van der Waals surface area contributed by atoms with Crippen molar-refractivity contribution in [1.82, 2.24) is 14.3 Å². The van der Waals surface area contributed by atoms with Crippen molar-refractivity contribution in [2.45, 2.75) is 38.8 Å². The summed E-state index contributed by atoms with van der Waals surface area (Å²) in [6.45, 7) is 3.21. The van der Waals surface area contributed by atoms with Crippen molar-refractivity contribution < 1.29 is 14.7 Å². The van der Waals surface area contributed by atoms with E-state index >= 15 is 0 Å². The number of anilines is 1. The van der Waals surface area contributed by atoms with Crippen LogP contribution in [0.1, 0.15) is 40.9 Å². The van der Waals surface area contributed by atoms with Crippen LogP contribution in [0.4, 0.5) is 5.69 Å². The Morgan fingerprint density at radius 3 is 2.69 bits per heavy atom. The Kier molecular flexibility index (Phi) is 6.33. The Morgan fingerprint density at radius 1 is 1.06 bits per heavy atom. The van der Waals surface area contributed by atoms with Gasteiger partial charge in [-0.05, 0) is 61.2 Å². The first-order valence-corrected chi connectivity index (χ1v) is 11.9. The number of pyridine rings is 1. The number of likely N-dealkylation sites (tertiary alicyclic amines) is 1. The first-order chi connectivity index (χ1) is 17.0. The minimum absolute atomic E-state index is 0.234. The van der Waals surface area contributed by atoms with E-state index in [0.29, 0.717) is 24.2 Å². The Morgan fingerprint density at radius 2 is 1.89 bits per heavy atom. The minimum Gasteiger partial charge on any atom is -0.480 e. The minimum atomic E-state index is -0.785. The lowest BCUT2D eigenvalue weighted by molar-refractivity contribution is -0.144. The van der Waals surface area contributed by atoms with E-state index in [1.165, 1.54) is 0 Å². The second-order valence-electron chi connectivity index (χ2n) is 8.98. The van der Waals surface area contributed by atoms with Crippen LogP contribution in [0.3, 0.4) is 0 Å². The van der Waals surface area contributed by atoms with Crippen molar-refractivity contribution in [1.29, 1.82) is 0 Å². The number of carboxylic acids is 1.